The SMILES string of the molecule is CC(C)C(=O)NC1CCN(C(=O)[C@@]23CCCC[C@H]2CNC3)CC1.Cl. The van der Waals surface area contributed by atoms with Crippen molar-refractivity contribution in [1.29, 1.82) is 0 Å². The van der Waals surface area contributed by atoms with Crippen LogP contribution < -0.4 is 10.6 Å². The van der Waals surface area contributed by atoms with Gasteiger partial charge in [0.1, 0.15) is 0 Å². The molecule has 6 heteroatoms. The van der Waals surface area contributed by atoms with Gasteiger partial charge in [0.15, 0.2) is 0 Å². The van der Waals surface area contributed by atoms with Crippen molar-refractivity contribution >= 4 is 24.2 Å². The molecule has 0 radical (unpaired) electrons. The van der Waals surface area contributed by atoms with Gasteiger partial charge in [-0.05, 0) is 38.1 Å². The molecule has 0 unspecified atom stereocenters. The molecular formula is C18H32ClN3O2. The molecule has 24 heavy (non-hydrogen) atoms. The van der Waals surface area contributed by atoms with Gasteiger partial charge in [0.25, 0.3) is 0 Å². The van der Waals surface area contributed by atoms with Crippen LogP contribution in [-0.4, -0.2) is 48.9 Å². The second-order valence-corrected chi connectivity index (χ2v) is 7.96. The van der Waals surface area contributed by atoms with Crippen LogP contribution in [-0.2, 0) is 9.59 Å². The van der Waals surface area contributed by atoms with E-state index in [1.807, 2.05) is 13.8 Å². The number of rotatable bonds is 3. The van der Waals surface area contributed by atoms with Crippen molar-refractivity contribution in [3.8, 4) is 0 Å². The first-order chi connectivity index (χ1) is 11.0. The van der Waals surface area contributed by atoms with Crippen molar-refractivity contribution in [3.63, 3.8) is 0 Å². The topological polar surface area (TPSA) is 61.4 Å². The number of hydrogen-bond donors (Lipinski definition) is 2. The van der Waals surface area contributed by atoms with Crippen molar-refractivity contribution < 1.29 is 9.59 Å². The third-order valence-corrected chi connectivity index (χ3v) is 6.12. The number of hydrogen-bond acceptors (Lipinski definition) is 3. The van der Waals surface area contributed by atoms with Crippen LogP contribution in [0.1, 0.15) is 52.4 Å². The maximum absolute atomic E-state index is 13.2. The minimum atomic E-state index is -0.133. The summed E-state index contributed by atoms with van der Waals surface area (Å²) in [5.41, 5.74) is -0.133. The van der Waals surface area contributed by atoms with Crippen LogP contribution in [0.4, 0.5) is 0 Å². The second kappa shape index (κ2) is 8.05. The van der Waals surface area contributed by atoms with Gasteiger partial charge in [0.2, 0.25) is 11.8 Å². The normalized spacial score (nSPS) is 30.6. The Balaban J connectivity index is 0.00000208. The molecule has 2 aliphatic heterocycles. The fourth-order valence-corrected chi connectivity index (χ4v) is 4.58. The lowest BCUT2D eigenvalue weighted by Gasteiger charge is -2.43. The summed E-state index contributed by atoms with van der Waals surface area (Å²) in [6, 6.07) is 0.232. The van der Waals surface area contributed by atoms with Gasteiger partial charge in [0.05, 0.1) is 5.41 Å². The molecule has 0 aromatic heterocycles. The molecule has 2 saturated heterocycles. The molecule has 0 spiro atoms. The van der Waals surface area contributed by atoms with Crippen LogP contribution in [0.2, 0.25) is 0 Å². The Morgan fingerprint density at radius 3 is 2.54 bits per heavy atom. The van der Waals surface area contributed by atoms with Crippen LogP contribution in [0.15, 0.2) is 0 Å². The maximum atomic E-state index is 13.2. The lowest BCUT2D eigenvalue weighted by molar-refractivity contribution is -0.146. The average molecular weight is 358 g/mol. The smallest absolute Gasteiger partial charge is 0.230 e. The third-order valence-electron chi connectivity index (χ3n) is 6.12. The molecule has 2 N–H and O–H groups in total. The minimum Gasteiger partial charge on any atom is -0.353 e. The highest BCUT2D eigenvalue weighted by atomic mass is 35.5. The summed E-state index contributed by atoms with van der Waals surface area (Å²) in [6.45, 7) is 7.28. The van der Waals surface area contributed by atoms with E-state index in [2.05, 4.69) is 15.5 Å². The number of piperidine rings is 1. The van der Waals surface area contributed by atoms with E-state index in [0.29, 0.717) is 11.8 Å². The predicted octanol–water partition coefficient (Wildman–Crippen LogP) is 1.95. The van der Waals surface area contributed by atoms with E-state index in [4.69, 9.17) is 0 Å². The quantitative estimate of drug-likeness (QED) is 0.811. The number of carbonyl (C=O) groups excluding carboxylic acids is 2. The lowest BCUT2D eigenvalue weighted by Crippen LogP contribution is -2.54. The summed E-state index contributed by atoms with van der Waals surface area (Å²) in [6.07, 6.45) is 6.47. The van der Waals surface area contributed by atoms with E-state index in [1.54, 1.807) is 0 Å². The number of halogens is 1. The summed E-state index contributed by atoms with van der Waals surface area (Å²) in [5.74, 6) is 1.06. The van der Waals surface area contributed by atoms with Crippen molar-refractivity contribution in [1.82, 2.24) is 15.5 Å². The number of carbonyl (C=O) groups is 2. The Kier molecular flexibility index (Phi) is 6.54. The van der Waals surface area contributed by atoms with Crippen LogP contribution in [0, 0.1) is 17.3 Å². The van der Waals surface area contributed by atoms with E-state index in [9.17, 15) is 9.59 Å². The van der Waals surface area contributed by atoms with Gasteiger partial charge in [-0.1, -0.05) is 26.7 Å². The minimum absolute atomic E-state index is 0. The van der Waals surface area contributed by atoms with Gasteiger partial charge < -0.3 is 15.5 Å². The lowest BCUT2D eigenvalue weighted by atomic mass is 9.67. The first-order valence-electron chi connectivity index (χ1n) is 9.33. The summed E-state index contributed by atoms with van der Waals surface area (Å²) >= 11 is 0. The van der Waals surface area contributed by atoms with Crippen molar-refractivity contribution in [3.05, 3.63) is 0 Å². The van der Waals surface area contributed by atoms with Gasteiger partial charge in [-0.2, -0.15) is 0 Å². The van der Waals surface area contributed by atoms with Gasteiger partial charge in [-0.25, -0.2) is 0 Å². The molecule has 2 amide bonds. The molecule has 0 aromatic carbocycles. The van der Waals surface area contributed by atoms with E-state index < -0.39 is 0 Å². The molecule has 138 valence electrons. The van der Waals surface area contributed by atoms with Crippen molar-refractivity contribution in [2.75, 3.05) is 26.2 Å². The number of nitrogens with zero attached hydrogens (tertiary/aromatic N) is 1. The summed E-state index contributed by atoms with van der Waals surface area (Å²) in [5, 5.41) is 6.58. The number of nitrogens with one attached hydrogen (secondary N) is 2. The fraction of sp³-hybridized carbons (Fsp3) is 0.889. The zero-order valence-corrected chi connectivity index (χ0v) is 15.8. The van der Waals surface area contributed by atoms with Crippen LogP contribution >= 0.6 is 12.4 Å². The largest absolute Gasteiger partial charge is 0.353 e. The number of fused-ring (bicyclic) bond motifs is 1. The summed E-state index contributed by atoms with van der Waals surface area (Å²) < 4.78 is 0. The summed E-state index contributed by atoms with van der Waals surface area (Å²) in [7, 11) is 0. The predicted molar refractivity (Wildman–Crippen MR) is 97.1 cm³/mol. The highest BCUT2D eigenvalue weighted by Crippen LogP contribution is 2.45. The Morgan fingerprint density at radius 1 is 1.17 bits per heavy atom. The zero-order valence-electron chi connectivity index (χ0n) is 15.0. The first kappa shape index (κ1) is 19.5. The maximum Gasteiger partial charge on any atom is 0.230 e. The Hall–Kier alpha value is -0.810. The van der Waals surface area contributed by atoms with E-state index in [0.717, 1.165) is 45.4 Å². The van der Waals surface area contributed by atoms with E-state index >= 15 is 0 Å². The summed E-state index contributed by atoms with van der Waals surface area (Å²) in [4.78, 5) is 27.1. The molecule has 1 aliphatic carbocycles. The standard InChI is InChI=1S/C18H31N3O2.ClH/c1-13(2)16(22)20-15-6-9-21(10-7-15)17(23)18-8-4-3-5-14(18)11-19-12-18;/h13-15,19H,3-12H2,1-2H3,(H,20,22);1H/t14-,18+;/m0./s1. The molecule has 0 bridgehead atoms. The van der Waals surface area contributed by atoms with Gasteiger partial charge in [0, 0.05) is 31.6 Å². The van der Waals surface area contributed by atoms with Gasteiger partial charge in [-0.3, -0.25) is 9.59 Å². The van der Waals surface area contributed by atoms with Crippen LogP contribution in [0.3, 0.4) is 0 Å². The Morgan fingerprint density at radius 2 is 1.88 bits per heavy atom. The Labute approximate surface area is 151 Å². The van der Waals surface area contributed by atoms with E-state index in [-0.39, 0.29) is 35.7 Å². The second-order valence-electron chi connectivity index (χ2n) is 7.96. The average Bonchev–Trinajstić information content (AvgIpc) is 3.00. The molecule has 0 aromatic rings. The molecule has 2 heterocycles. The van der Waals surface area contributed by atoms with Crippen LogP contribution in [0.25, 0.3) is 0 Å². The first-order valence-corrected chi connectivity index (χ1v) is 9.33. The Bertz CT molecular complexity index is 463. The van der Waals surface area contributed by atoms with Gasteiger partial charge >= 0.3 is 0 Å². The molecule has 3 fully saturated rings. The fourth-order valence-electron chi connectivity index (χ4n) is 4.58. The highest BCUT2D eigenvalue weighted by Gasteiger charge is 2.51. The monoisotopic (exact) mass is 357 g/mol. The number of amides is 2. The van der Waals surface area contributed by atoms with Crippen LogP contribution in [0.5, 0.6) is 0 Å². The van der Waals surface area contributed by atoms with E-state index in [1.165, 1.54) is 19.3 Å². The zero-order chi connectivity index (χ0) is 16.4. The number of likely N-dealkylation sites (tertiary alicyclic amines) is 1. The third kappa shape index (κ3) is 3.72. The van der Waals surface area contributed by atoms with Crippen molar-refractivity contribution in [2.24, 2.45) is 17.3 Å². The molecule has 1 saturated carbocycles. The molecule has 5 nitrogen and oxygen atoms in total. The van der Waals surface area contributed by atoms with Gasteiger partial charge in [-0.15, -0.1) is 12.4 Å². The molecule has 2 atom stereocenters. The van der Waals surface area contributed by atoms with Crippen molar-refractivity contribution in [2.45, 2.75) is 58.4 Å². The molecule has 3 aliphatic rings. The molecule has 3 rings (SSSR count). The highest BCUT2D eigenvalue weighted by molar-refractivity contribution is 5.85. The molecular weight excluding hydrogens is 326 g/mol.